The molecule has 0 radical (unpaired) electrons. The first-order valence-corrected chi connectivity index (χ1v) is 13.0. The Balaban J connectivity index is 1.26. The van der Waals surface area contributed by atoms with Crippen LogP contribution in [0.2, 0.25) is 0 Å². The number of benzene rings is 3. The Morgan fingerprint density at radius 1 is 0.974 bits per heavy atom. The molecule has 3 amide bonds. The summed E-state index contributed by atoms with van der Waals surface area (Å²) in [7, 11) is 0. The molecule has 2 N–H and O–H groups in total. The van der Waals surface area contributed by atoms with E-state index in [1.807, 2.05) is 44.2 Å². The quantitative estimate of drug-likeness (QED) is 0.416. The van der Waals surface area contributed by atoms with E-state index in [-0.39, 0.29) is 30.7 Å². The van der Waals surface area contributed by atoms with Gasteiger partial charge in [-0.2, -0.15) is 0 Å². The number of ether oxygens (including phenoxy) is 1. The Labute approximate surface area is 224 Å². The molecule has 1 fully saturated rings. The van der Waals surface area contributed by atoms with Crippen molar-refractivity contribution in [2.45, 2.75) is 46.6 Å². The van der Waals surface area contributed by atoms with Crippen LogP contribution >= 0.6 is 0 Å². The van der Waals surface area contributed by atoms with Crippen LogP contribution in [0.3, 0.4) is 0 Å². The van der Waals surface area contributed by atoms with Crippen LogP contribution in [0.25, 0.3) is 0 Å². The zero-order valence-electron chi connectivity index (χ0n) is 22.4. The molecule has 3 aromatic carbocycles. The van der Waals surface area contributed by atoms with Gasteiger partial charge >= 0.3 is 0 Å². The highest BCUT2D eigenvalue weighted by Crippen LogP contribution is 2.27. The number of hydrogen-bond donors (Lipinski definition) is 2. The van der Waals surface area contributed by atoms with Crippen molar-refractivity contribution in [3.63, 3.8) is 0 Å². The van der Waals surface area contributed by atoms with E-state index in [2.05, 4.69) is 36.6 Å². The second-order valence-electron chi connectivity index (χ2n) is 10.2. The van der Waals surface area contributed by atoms with Crippen molar-refractivity contribution in [3.05, 3.63) is 89.0 Å². The number of hydrogen-bond acceptors (Lipinski definition) is 4. The Morgan fingerprint density at radius 3 is 2.26 bits per heavy atom. The molecular formula is C31H35N3O4. The Kier molecular flexibility index (Phi) is 8.46. The molecule has 0 saturated carbocycles. The number of amides is 3. The zero-order valence-corrected chi connectivity index (χ0v) is 22.4. The van der Waals surface area contributed by atoms with Crippen molar-refractivity contribution in [2.24, 2.45) is 5.92 Å². The van der Waals surface area contributed by atoms with Crippen LogP contribution in [0.1, 0.15) is 48.4 Å². The van der Waals surface area contributed by atoms with E-state index in [0.717, 1.165) is 22.4 Å². The van der Waals surface area contributed by atoms with Crippen molar-refractivity contribution in [3.8, 4) is 5.75 Å². The van der Waals surface area contributed by atoms with Crippen molar-refractivity contribution >= 4 is 29.1 Å². The van der Waals surface area contributed by atoms with Gasteiger partial charge in [0.1, 0.15) is 5.75 Å². The van der Waals surface area contributed by atoms with E-state index in [1.165, 1.54) is 5.56 Å². The predicted molar refractivity (Wildman–Crippen MR) is 149 cm³/mol. The van der Waals surface area contributed by atoms with E-state index in [4.69, 9.17) is 4.74 Å². The average molecular weight is 514 g/mol. The minimum Gasteiger partial charge on any atom is -0.484 e. The van der Waals surface area contributed by atoms with Gasteiger partial charge in [-0.3, -0.25) is 14.4 Å². The molecule has 1 atom stereocenters. The SMILES string of the molecule is Cc1cc(C)cc(NC(=O)COc2ccc(N3C[C@H](C(=O)NCc4ccc(C(C)C)cc4)CC3=O)cc2)c1. The third-order valence-corrected chi connectivity index (χ3v) is 6.63. The second-order valence-corrected chi connectivity index (χ2v) is 10.2. The van der Waals surface area contributed by atoms with Gasteiger partial charge in [-0.05, 0) is 78.4 Å². The smallest absolute Gasteiger partial charge is 0.262 e. The van der Waals surface area contributed by atoms with Crippen LogP contribution in [-0.4, -0.2) is 30.9 Å². The van der Waals surface area contributed by atoms with Crippen molar-refractivity contribution in [1.29, 1.82) is 0 Å². The monoisotopic (exact) mass is 513 g/mol. The summed E-state index contributed by atoms with van der Waals surface area (Å²) in [6, 6.07) is 21.1. The van der Waals surface area contributed by atoms with Gasteiger partial charge in [-0.1, -0.05) is 44.2 Å². The number of carbonyl (C=O) groups is 3. The van der Waals surface area contributed by atoms with Crippen LogP contribution < -0.4 is 20.3 Å². The number of nitrogens with zero attached hydrogens (tertiary/aromatic N) is 1. The van der Waals surface area contributed by atoms with Gasteiger partial charge in [0.2, 0.25) is 11.8 Å². The van der Waals surface area contributed by atoms with Gasteiger partial charge in [0.25, 0.3) is 5.91 Å². The first-order valence-electron chi connectivity index (χ1n) is 13.0. The van der Waals surface area contributed by atoms with Gasteiger partial charge in [0.15, 0.2) is 6.61 Å². The first kappa shape index (κ1) is 26.9. The molecule has 1 aliphatic heterocycles. The van der Waals surface area contributed by atoms with Gasteiger partial charge in [-0.25, -0.2) is 0 Å². The molecule has 198 valence electrons. The average Bonchev–Trinajstić information content (AvgIpc) is 3.27. The highest BCUT2D eigenvalue weighted by atomic mass is 16.5. The largest absolute Gasteiger partial charge is 0.484 e. The number of aryl methyl sites for hydroxylation is 2. The summed E-state index contributed by atoms with van der Waals surface area (Å²) >= 11 is 0. The van der Waals surface area contributed by atoms with Crippen molar-refractivity contribution < 1.29 is 19.1 Å². The van der Waals surface area contributed by atoms with Crippen LogP contribution in [0, 0.1) is 19.8 Å². The topological polar surface area (TPSA) is 87.7 Å². The molecular weight excluding hydrogens is 478 g/mol. The molecule has 38 heavy (non-hydrogen) atoms. The fourth-order valence-electron chi connectivity index (χ4n) is 4.60. The van der Waals surface area contributed by atoms with E-state index >= 15 is 0 Å². The molecule has 1 aliphatic rings. The molecule has 1 saturated heterocycles. The van der Waals surface area contributed by atoms with Crippen molar-refractivity contribution in [2.75, 3.05) is 23.4 Å². The number of rotatable bonds is 9. The summed E-state index contributed by atoms with van der Waals surface area (Å²) in [6.07, 6.45) is 0.176. The third-order valence-electron chi connectivity index (χ3n) is 6.63. The summed E-state index contributed by atoms with van der Waals surface area (Å²) < 4.78 is 5.62. The summed E-state index contributed by atoms with van der Waals surface area (Å²) in [5, 5.41) is 5.81. The normalized spacial score (nSPS) is 15.0. The number of nitrogens with one attached hydrogen (secondary N) is 2. The third kappa shape index (κ3) is 7.00. The maximum atomic E-state index is 12.7. The summed E-state index contributed by atoms with van der Waals surface area (Å²) in [4.78, 5) is 39.3. The van der Waals surface area contributed by atoms with Crippen LogP contribution in [0.4, 0.5) is 11.4 Å². The molecule has 3 aromatic rings. The molecule has 4 rings (SSSR count). The molecule has 0 aliphatic carbocycles. The van der Waals surface area contributed by atoms with E-state index in [1.54, 1.807) is 29.2 Å². The predicted octanol–water partition coefficient (Wildman–Crippen LogP) is 5.11. The number of carbonyl (C=O) groups excluding carboxylic acids is 3. The van der Waals surface area contributed by atoms with Gasteiger partial charge in [0, 0.05) is 30.9 Å². The molecule has 0 bridgehead atoms. The van der Waals surface area contributed by atoms with Crippen LogP contribution in [0.15, 0.2) is 66.7 Å². The van der Waals surface area contributed by atoms with Crippen molar-refractivity contribution in [1.82, 2.24) is 5.32 Å². The molecule has 0 aromatic heterocycles. The molecule has 7 nitrogen and oxygen atoms in total. The minimum absolute atomic E-state index is 0.0899. The minimum atomic E-state index is -0.401. The molecule has 1 heterocycles. The highest BCUT2D eigenvalue weighted by Gasteiger charge is 2.35. The lowest BCUT2D eigenvalue weighted by Gasteiger charge is -2.17. The van der Waals surface area contributed by atoms with E-state index < -0.39 is 5.92 Å². The van der Waals surface area contributed by atoms with E-state index in [0.29, 0.717) is 30.4 Å². The van der Waals surface area contributed by atoms with Gasteiger partial charge < -0.3 is 20.3 Å². The lowest BCUT2D eigenvalue weighted by molar-refractivity contribution is -0.126. The zero-order chi connectivity index (χ0) is 27.2. The van der Waals surface area contributed by atoms with Gasteiger partial charge in [0.05, 0.1) is 5.92 Å². The molecule has 7 heteroatoms. The van der Waals surface area contributed by atoms with Crippen LogP contribution in [-0.2, 0) is 20.9 Å². The van der Waals surface area contributed by atoms with Gasteiger partial charge in [-0.15, -0.1) is 0 Å². The second kappa shape index (κ2) is 11.9. The fourth-order valence-corrected chi connectivity index (χ4v) is 4.60. The summed E-state index contributed by atoms with van der Waals surface area (Å²) in [5.41, 5.74) is 5.87. The maximum Gasteiger partial charge on any atom is 0.262 e. The molecule has 0 unspecified atom stereocenters. The first-order chi connectivity index (χ1) is 18.2. The van der Waals surface area contributed by atoms with E-state index in [9.17, 15) is 14.4 Å². The Morgan fingerprint density at radius 2 is 1.63 bits per heavy atom. The Bertz CT molecular complexity index is 1280. The fraction of sp³-hybridized carbons (Fsp3) is 0.323. The van der Waals surface area contributed by atoms with Crippen LogP contribution in [0.5, 0.6) is 5.75 Å². The highest BCUT2D eigenvalue weighted by molar-refractivity contribution is 6.00. The number of anilines is 2. The summed E-state index contributed by atoms with van der Waals surface area (Å²) in [5.74, 6) is 0.119. The maximum absolute atomic E-state index is 12.7. The standard InChI is InChI=1S/C31H35N3O4/c1-20(2)24-7-5-23(6-8-24)17-32-31(37)25-16-30(36)34(18-25)27-9-11-28(12-10-27)38-19-29(35)33-26-14-21(3)13-22(4)15-26/h5-15,20,25H,16-19H2,1-4H3,(H,32,37)(H,33,35)/t25-/m1/s1. The molecule has 0 spiro atoms. The Hall–Kier alpha value is -4.13. The lowest BCUT2D eigenvalue weighted by atomic mass is 10.0. The summed E-state index contributed by atoms with van der Waals surface area (Å²) in [6.45, 7) is 8.89. The lowest BCUT2D eigenvalue weighted by Crippen LogP contribution is -2.32.